The van der Waals surface area contributed by atoms with E-state index < -0.39 is 0 Å². The van der Waals surface area contributed by atoms with E-state index in [2.05, 4.69) is 16.4 Å². The average molecular weight is 165 g/mol. The fourth-order valence-corrected chi connectivity index (χ4v) is 1.95. The van der Waals surface area contributed by atoms with Gasteiger partial charge in [-0.15, -0.1) is 0 Å². The van der Waals surface area contributed by atoms with Crippen molar-refractivity contribution in [1.29, 1.82) is 0 Å². The molecule has 1 aliphatic rings. The molecule has 0 bridgehead atoms. The van der Waals surface area contributed by atoms with Gasteiger partial charge in [-0.3, -0.25) is 4.72 Å². The summed E-state index contributed by atoms with van der Waals surface area (Å²) in [6.07, 6.45) is 2.82. The van der Waals surface area contributed by atoms with Crippen LogP contribution in [0.25, 0.3) is 0 Å². The number of hydrogen-bond acceptors (Lipinski definition) is 4. The van der Waals surface area contributed by atoms with Gasteiger partial charge in [-0.1, -0.05) is 11.7 Å². The minimum Gasteiger partial charge on any atom is -0.393 e. The Hall–Kier alpha value is 0.620. The van der Waals surface area contributed by atoms with Crippen molar-refractivity contribution in [3.8, 4) is 0 Å². The summed E-state index contributed by atoms with van der Waals surface area (Å²) in [4.78, 5) is 0. The van der Waals surface area contributed by atoms with E-state index in [1.165, 1.54) is 11.0 Å². The Bertz CT molecular complexity index is 89.0. The quantitative estimate of drug-likeness (QED) is 0.324. The maximum atomic E-state index is 9.05. The summed E-state index contributed by atoms with van der Waals surface area (Å²) >= 11 is 3.95. The molecule has 0 saturated heterocycles. The van der Waals surface area contributed by atoms with Crippen LogP contribution in [0.15, 0.2) is 0 Å². The topological polar surface area (TPSA) is 32.3 Å². The van der Waals surface area contributed by atoms with E-state index in [1.54, 1.807) is 0 Å². The molecule has 0 spiro atoms. The normalized spacial score (nSPS) is 35.3. The lowest BCUT2D eigenvalue weighted by Crippen LogP contribution is -2.18. The summed E-state index contributed by atoms with van der Waals surface area (Å²) in [5.41, 5.74) is 0. The van der Waals surface area contributed by atoms with E-state index in [0.29, 0.717) is 6.04 Å². The van der Waals surface area contributed by atoms with Gasteiger partial charge in [0.15, 0.2) is 0 Å². The molecule has 1 fully saturated rings. The first kappa shape index (κ1) is 7.72. The molecule has 0 unspecified atom stereocenters. The van der Waals surface area contributed by atoms with Gasteiger partial charge in [-0.25, -0.2) is 0 Å². The molecule has 1 aliphatic carbocycles. The summed E-state index contributed by atoms with van der Waals surface area (Å²) < 4.78 is 3.10. The third kappa shape index (κ3) is 2.37. The van der Waals surface area contributed by atoms with Crippen LogP contribution in [0.1, 0.15) is 19.3 Å². The van der Waals surface area contributed by atoms with E-state index in [1.807, 2.05) is 0 Å². The molecule has 4 heteroatoms. The Morgan fingerprint density at radius 1 is 1.56 bits per heavy atom. The molecule has 0 heterocycles. The van der Waals surface area contributed by atoms with Gasteiger partial charge < -0.3 is 5.11 Å². The first-order valence-corrected chi connectivity index (χ1v) is 4.94. The van der Waals surface area contributed by atoms with Crippen molar-refractivity contribution in [2.45, 2.75) is 31.4 Å². The van der Waals surface area contributed by atoms with Crippen molar-refractivity contribution in [3.05, 3.63) is 0 Å². The molecule has 1 rings (SSSR count). The number of aliphatic hydroxyl groups excluding tert-OH is 1. The lowest BCUT2D eigenvalue weighted by Gasteiger charge is -2.06. The molecule has 2 nitrogen and oxygen atoms in total. The zero-order valence-electron chi connectivity index (χ0n) is 5.08. The molecular weight excluding hydrogens is 154 g/mol. The molecule has 2 N–H and O–H groups in total. The van der Waals surface area contributed by atoms with Gasteiger partial charge in [-0.2, -0.15) is 0 Å². The Kier molecular flexibility index (Phi) is 3.18. The fourth-order valence-electron chi connectivity index (χ4n) is 1.14. The molecule has 9 heavy (non-hydrogen) atoms. The van der Waals surface area contributed by atoms with Crippen LogP contribution in [-0.4, -0.2) is 17.3 Å². The van der Waals surface area contributed by atoms with Crippen molar-refractivity contribution in [3.63, 3.8) is 0 Å². The molecule has 1 saturated carbocycles. The molecule has 0 aromatic heterocycles. The van der Waals surface area contributed by atoms with Crippen LogP contribution < -0.4 is 4.72 Å². The highest BCUT2D eigenvalue weighted by molar-refractivity contribution is 8.67. The molecule has 54 valence electrons. The number of hydrogen-bond donors (Lipinski definition) is 3. The van der Waals surface area contributed by atoms with Crippen LogP contribution in [0, 0.1) is 0 Å². The van der Waals surface area contributed by atoms with Gasteiger partial charge in [0, 0.05) is 6.04 Å². The summed E-state index contributed by atoms with van der Waals surface area (Å²) in [5.74, 6) is 0. The molecule has 2 atom stereocenters. The summed E-state index contributed by atoms with van der Waals surface area (Å²) in [7, 11) is 1.33. The standard InChI is InChI=1S/C5H11NOS2/c7-5-2-1-4(3-5)6-9-8/h4-8H,1-3H2/t4-,5+/m0/s1. The van der Waals surface area contributed by atoms with Gasteiger partial charge in [0.2, 0.25) is 0 Å². The molecule has 0 amide bonds. The van der Waals surface area contributed by atoms with Gasteiger partial charge in [-0.05, 0) is 30.2 Å². The number of thiol groups is 1. The van der Waals surface area contributed by atoms with Crippen LogP contribution in [0.3, 0.4) is 0 Å². The number of aliphatic hydroxyl groups is 1. The van der Waals surface area contributed by atoms with Gasteiger partial charge in [0.05, 0.1) is 6.10 Å². The lowest BCUT2D eigenvalue weighted by molar-refractivity contribution is 0.181. The van der Waals surface area contributed by atoms with Crippen LogP contribution in [0.2, 0.25) is 0 Å². The Morgan fingerprint density at radius 3 is 2.78 bits per heavy atom. The lowest BCUT2D eigenvalue weighted by atomic mass is 10.3. The van der Waals surface area contributed by atoms with Crippen LogP contribution >= 0.6 is 22.6 Å². The second-order valence-electron chi connectivity index (χ2n) is 2.37. The van der Waals surface area contributed by atoms with Crippen molar-refractivity contribution >= 4 is 22.6 Å². The highest BCUT2D eigenvalue weighted by Gasteiger charge is 2.21. The van der Waals surface area contributed by atoms with E-state index in [9.17, 15) is 0 Å². The molecule has 0 aromatic rings. The summed E-state index contributed by atoms with van der Waals surface area (Å²) in [6, 6.07) is 0.475. The predicted molar refractivity (Wildman–Crippen MR) is 43.4 cm³/mol. The molecule has 0 aliphatic heterocycles. The zero-order valence-corrected chi connectivity index (χ0v) is 6.79. The van der Waals surface area contributed by atoms with E-state index in [4.69, 9.17) is 5.11 Å². The third-order valence-electron chi connectivity index (χ3n) is 1.62. The van der Waals surface area contributed by atoms with Crippen LogP contribution in [0.5, 0.6) is 0 Å². The first-order chi connectivity index (χ1) is 4.33. The molecule has 0 aromatic carbocycles. The third-order valence-corrected chi connectivity index (χ3v) is 2.38. The van der Waals surface area contributed by atoms with E-state index >= 15 is 0 Å². The van der Waals surface area contributed by atoms with Crippen molar-refractivity contribution < 1.29 is 5.11 Å². The van der Waals surface area contributed by atoms with Crippen molar-refractivity contribution in [1.82, 2.24) is 4.72 Å². The summed E-state index contributed by atoms with van der Waals surface area (Å²) in [6.45, 7) is 0. The molecular formula is C5H11NOS2. The maximum absolute atomic E-state index is 9.05. The van der Waals surface area contributed by atoms with Gasteiger partial charge in [0.25, 0.3) is 0 Å². The van der Waals surface area contributed by atoms with Crippen molar-refractivity contribution in [2.24, 2.45) is 0 Å². The summed E-state index contributed by atoms with van der Waals surface area (Å²) in [5, 5.41) is 9.05. The SMILES string of the molecule is O[C@@H]1CC[C@H](NSS)C1. The second-order valence-corrected chi connectivity index (χ2v) is 3.34. The zero-order chi connectivity index (χ0) is 6.69. The highest BCUT2D eigenvalue weighted by atomic mass is 33.1. The fraction of sp³-hybridized carbons (Fsp3) is 1.00. The first-order valence-electron chi connectivity index (χ1n) is 3.07. The second kappa shape index (κ2) is 3.71. The smallest absolute Gasteiger partial charge is 0.0556 e. The maximum Gasteiger partial charge on any atom is 0.0556 e. The van der Waals surface area contributed by atoms with E-state index in [0.717, 1.165) is 19.3 Å². The minimum atomic E-state index is -0.0806. The molecule has 0 radical (unpaired) electrons. The Morgan fingerprint density at radius 2 is 2.33 bits per heavy atom. The minimum absolute atomic E-state index is 0.0806. The van der Waals surface area contributed by atoms with Crippen LogP contribution in [0.4, 0.5) is 0 Å². The van der Waals surface area contributed by atoms with Crippen LogP contribution in [-0.2, 0) is 0 Å². The van der Waals surface area contributed by atoms with Gasteiger partial charge in [0.1, 0.15) is 0 Å². The number of nitrogens with one attached hydrogen (secondary N) is 1. The van der Waals surface area contributed by atoms with Gasteiger partial charge >= 0.3 is 0 Å². The Balaban J connectivity index is 2.14. The largest absolute Gasteiger partial charge is 0.393 e. The van der Waals surface area contributed by atoms with Crippen molar-refractivity contribution in [2.75, 3.05) is 0 Å². The average Bonchev–Trinajstić information content (AvgIpc) is 2.17. The monoisotopic (exact) mass is 165 g/mol. The number of rotatable bonds is 2. The van der Waals surface area contributed by atoms with E-state index in [-0.39, 0.29) is 6.10 Å². The predicted octanol–water partition coefficient (Wildman–Crippen LogP) is 0.982. The highest BCUT2D eigenvalue weighted by Crippen LogP contribution is 2.20. The Labute approximate surface area is 64.4 Å².